The minimum Gasteiger partial charge on any atom is -0.398 e. The van der Waals surface area contributed by atoms with E-state index < -0.39 is 23.3 Å². The van der Waals surface area contributed by atoms with E-state index in [2.05, 4.69) is 5.32 Å². The average Bonchev–Trinajstić information content (AvgIpc) is 2.88. The first-order valence-corrected chi connectivity index (χ1v) is 7.36. The van der Waals surface area contributed by atoms with E-state index in [0.717, 1.165) is 24.0 Å². The molecule has 0 spiro atoms. The second-order valence-electron chi connectivity index (χ2n) is 4.70. The number of amides is 1. The third kappa shape index (κ3) is 3.39. The first-order chi connectivity index (χ1) is 9.39. The first kappa shape index (κ1) is 15.0. The number of para-hydroxylation sites is 1. The molecule has 3 N–H and O–H groups in total. The molecule has 1 aromatic carbocycles. The second kappa shape index (κ2) is 5.95. The molecule has 1 fully saturated rings. The van der Waals surface area contributed by atoms with E-state index in [-0.39, 0.29) is 5.56 Å². The number of anilines is 1. The van der Waals surface area contributed by atoms with Crippen LogP contribution in [0.25, 0.3) is 0 Å². The standard InChI is InChI=1S/C13H15F3N2OS/c14-13(15,16)10-3-1-2-9(11(10)17)12(19)18-6-8-4-5-20-7-8/h1-3,8H,4-7,17H2,(H,18,19). The van der Waals surface area contributed by atoms with Crippen LogP contribution in [0.1, 0.15) is 22.3 Å². The Morgan fingerprint density at radius 2 is 2.20 bits per heavy atom. The number of hydrogen-bond acceptors (Lipinski definition) is 3. The fourth-order valence-electron chi connectivity index (χ4n) is 2.09. The van der Waals surface area contributed by atoms with Crippen molar-refractivity contribution in [3.8, 4) is 0 Å². The molecule has 0 aromatic heterocycles. The smallest absolute Gasteiger partial charge is 0.398 e. The van der Waals surface area contributed by atoms with Crippen molar-refractivity contribution in [1.29, 1.82) is 0 Å². The number of benzene rings is 1. The van der Waals surface area contributed by atoms with Gasteiger partial charge in [-0.3, -0.25) is 4.79 Å². The van der Waals surface area contributed by atoms with Crippen molar-refractivity contribution in [3.05, 3.63) is 29.3 Å². The molecular formula is C13H15F3N2OS. The Morgan fingerprint density at radius 3 is 2.80 bits per heavy atom. The van der Waals surface area contributed by atoms with Gasteiger partial charge in [0.05, 0.1) is 16.8 Å². The molecule has 0 radical (unpaired) electrons. The van der Waals surface area contributed by atoms with Crippen LogP contribution in [0.15, 0.2) is 18.2 Å². The highest BCUT2D eigenvalue weighted by Gasteiger charge is 2.34. The maximum atomic E-state index is 12.7. The molecule has 1 aliphatic heterocycles. The van der Waals surface area contributed by atoms with Crippen LogP contribution in [-0.4, -0.2) is 24.0 Å². The average molecular weight is 304 g/mol. The van der Waals surface area contributed by atoms with Gasteiger partial charge in [-0.15, -0.1) is 0 Å². The molecule has 1 unspecified atom stereocenters. The van der Waals surface area contributed by atoms with Crippen molar-refractivity contribution < 1.29 is 18.0 Å². The van der Waals surface area contributed by atoms with E-state index in [4.69, 9.17) is 5.73 Å². The summed E-state index contributed by atoms with van der Waals surface area (Å²) >= 11 is 1.81. The van der Waals surface area contributed by atoms with E-state index in [1.165, 1.54) is 12.1 Å². The number of nitrogens with two attached hydrogens (primary N) is 1. The molecule has 0 saturated carbocycles. The van der Waals surface area contributed by atoms with Crippen molar-refractivity contribution in [3.63, 3.8) is 0 Å². The summed E-state index contributed by atoms with van der Waals surface area (Å²) in [6, 6.07) is 3.38. The monoisotopic (exact) mass is 304 g/mol. The molecule has 3 nitrogen and oxygen atoms in total. The fourth-order valence-corrected chi connectivity index (χ4v) is 3.37. The summed E-state index contributed by atoms with van der Waals surface area (Å²) < 4.78 is 38.1. The molecule has 1 amide bonds. The second-order valence-corrected chi connectivity index (χ2v) is 5.85. The summed E-state index contributed by atoms with van der Waals surface area (Å²) in [6.45, 7) is 0.474. The zero-order valence-electron chi connectivity index (χ0n) is 10.7. The van der Waals surface area contributed by atoms with Gasteiger partial charge in [0.15, 0.2) is 0 Å². The number of nitrogens with one attached hydrogen (secondary N) is 1. The summed E-state index contributed by atoms with van der Waals surface area (Å²) in [7, 11) is 0. The predicted molar refractivity (Wildman–Crippen MR) is 73.6 cm³/mol. The molecular weight excluding hydrogens is 289 g/mol. The van der Waals surface area contributed by atoms with E-state index in [9.17, 15) is 18.0 Å². The third-order valence-electron chi connectivity index (χ3n) is 3.23. The summed E-state index contributed by atoms with van der Waals surface area (Å²) in [5.41, 5.74) is 3.86. The van der Waals surface area contributed by atoms with Gasteiger partial charge in [-0.25, -0.2) is 0 Å². The highest BCUT2D eigenvalue weighted by molar-refractivity contribution is 7.99. The minimum atomic E-state index is -4.55. The van der Waals surface area contributed by atoms with E-state index in [1.807, 2.05) is 11.8 Å². The number of hydrogen-bond donors (Lipinski definition) is 2. The fraction of sp³-hybridized carbons (Fsp3) is 0.462. The van der Waals surface area contributed by atoms with Crippen LogP contribution < -0.4 is 11.1 Å². The molecule has 20 heavy (non-hydrogen) atoms. The topological polar surface area (TPSA) is 55.1 Å². The van der Waals surface area contributed by atoms with Gasteiger partial charge in [-0.2, -0.15) is 24.9 Å². The van der Waals surface area contributed by atoms with Crippen molar-refractivity contribution >= 4 is 23.4 Å². The Morgan fingerprint density at radius 1 is 1.45 bits per heavy atom. The molecule has 0 aliphatic carbocycles. The Balaban J connectivity index is 2.09. The SMILES string of the molecule is Nc1c(C(=O)NCC2CCSC2)cccc1C(F)(F)F. The van der Waals surface area contributed by atoms with E-state index >= 15 is 0 Å². The Labute approximate surface area is 119 Å². The largest absolute Gasteiger partial charge is 0.418 e. The number of halogens is 3. The lowest BCUT2D eigenvalue weighted by Crippen LogP contribution is -2.30. The van der Waals surface area contributed by atoms with Crippen molar-refractivity contribution in [2.45, 2.75) is 12.6 Å². The molecule has 0 bridgehead atoms. The van der Waals surface area contributed by atoms with Gasteiger partial charge in [0.25, 0.3) is 5.91 Å². The summed E-state index contributed by atoms with van der Waals surface area (Å²) in [6.07, 6.45) is -3.54. The van der Waals surface area contributed by atoms with Crippen LogP contribution in [0.3, 0.4) is 0 Å². The molecule has 7 heteroatoms. The van der Waals surface area contributed by atoms with Crippen molar-refractivity contribution in [2.24, 2.45) is 5.92 Å². The Kier molecular flexibility index (Phi) is 4.47. The van der Waals surface area contributed by atoms with Crippen LogP contribution in [-0.2, 0) is 6.18 Å². The van der Waals surface area contributed by atoms with Gasteiger partial charge in [-0.1, -0.05) is 6.07 Å². The van der Waals surface area contributed by atoms with Crippen LogP contribution in [0.2, 0.25) is 0 Å². The zero-order chi connectivity index (χ0) is 14.8. The zero-order valence-corrected chi connectivity index (χ0v) is 11.5. The van der Waals surface area contributed by atoms with Crippen LogP contribution >= 0.6 is 11.8 Å². The highest BCUT2D eigenvalue weighted by Crippen LogP contribution is 2.34. The van der Waals surface area contributed by atoms with E-state index in [0.29, 0.717) is 12.5 Å². The predicted octanol–water partition coefficient (Wildman–Crippen LogP) is 2.77. The number of carbonyl (C=O) groups is 1. The lowest BCUT2D eigenvalue weighted by Gasteiger charge is -2.14. The number of thioether (sulfide) groups is 1. The molecule has 1 aliphatic rings. The maximum absolute atomic E-state index is 12.7. The Bertz CT molecular complexity index is 499. The van der Waals surface area contributed by atoms with Crippen LogP contribution in [0.5, 0.6) is 0 Å². The van der Waals surface area contributed by atoms with Gasteiger partial charge in [0, 0.05) is 6.54 Å². The molecule has 1 saturated heterocycles. The quantitative estimate of drug-likeness (QED) is 0.844. The summed E-state index contributed by atoms with van der Waals surface area (Å²) in [5, 5.41) is 2.66. The molecule has 1 atom stereocenters. The molecule has 2 rings (SSSR count). The van der Waals surface area contributed by atoms with Gasteiger partial charge in [-0.05, 0) is 36.0 Å². The van der Waals surface area contributed by atoms with Gasteiger partial charge >= 0.3 is 6.18 Å². The summed E-state index contributed by atoms with van der Waals surface area (Å²) in [4.78, 5) is 11.9. The lowest BCUT2D eigenvalue weighted by molar-refractivity contribution is -0.136. The highest BCUT2D eigenvalue weighted by atomic mass is 32.2. The van der Waals surface area contributed by atoms with Crippen LogP contribution in [0, 0.1) is 5.92 Å². The molecule has 1 heterocycles. The number of carbonyl (C=O) groups excluding carboxylic acids is 1. The van der Waals surface area contributed by atoms with Crippen molar-refractivity contribution in [1.82, 2.24) is 5.32 Å². The number of rotatable bonds is 3. The first-order valence-electron chi connectivity index (χ1n) is 6.21. The van der Waals surface area contributed by atoms with Crippen LogP contribution in [0.4, 0.5) is 18.9 Å². The Hall–Kier alpha value is -1.37. The minimum absolute atomic E-state index is 0.120. The van der Waals surface area contributed by atoms with E-state index in [1.54, 1.807) is 0 Å². The lowest BCUT2D eigenvalue weighted by atomic mass is 10.1. The molecule has 1 aromatic rings. The van der Waals surface area contributed by atoms with Gasteiger partial charge in [0.1, 0.15) is 0 Å². The normalized spacial score (nSPS) is 19.1. The van der Waals surface area contributed by atoms with Gasteiger partial charge < -0.3 is 11.1 Å². The maximum Gasteiger partial charge on any atom is 0.418 e. The summed E-state index contributed by atoms with van der Waals surface area (Å²) in [5.74, 6) is 1.87. The van der Waals surface area contributed by atoms with Gasteiger partial charge in [0.2, 0.25) is 0 Å². The number of alkyl halides is 3. The number of nitrogen functional groups attached to an aromatic ring is 1. The van der Waals surface area contributed by atoms with Crippen molar-refractivity contribution in [2.75, 3.05) is 23.8 Å². The third-order valence-corrected chi connectivity index (χ3v) is 4.46. The molecule has 110 valence electrons.